The summed E-state index contributed by atoms with van der Waals surface area (Å²) in [7, 11) is -3.56. The Morgan fingerprint density at radius 3 is 2.24 bits per heavy atom. The summed E-state index contributed by atoms with van der Waals surface area (Å²) in [5, 5.41) is 2.89. The molecule has 0 aliphatic heterocycles. The molecule has 0 aliphatic rings. The van der Waals surface area contributed by atoms with E-state index < -0.39 is 10.0 Å². The fourth-order valence-corrected chi connectivity index (χ4v) is 4.27. The summed E-state index contributed by atoms with van der Waals surface area (Å²) in [6.45, 7) is 5.49. The number of rotatable bonds is 10. The monoisotopic (exact) mass is 436 g/mol. The number of nitrogens with one attached hydrogen (secondary N) is 2. The Hall–Kier alpha value is -2.03. The van der Waals surface area contributed by atoms with E-state index in [0.29, 0.717) is 12.2 Å². The van der Waals surface area contributed by atoms with Crippen LogP contribution in [-0.4, -0.2) is 33.2 Å². The number of benzene rings is 2. The first-order chi connectivity index (χ1) is 13.7. The molecule has 2 rings (SSSR count). The van der Waals surface area contributed by atoms with Crippen LogP contribution in [0.2, 0.25) is 0 Å². The van der Waals surface area contributed by atoms with Gasteiger partial charge >= 0.3 is 0 Å². The second-order valence-electron chi connectivity index (χ2n) is 6.75. The lowest BCUT2D eigenvalue weighted by molar-refractivity contribution is -0.123. The maximum atomic E-state index is 12.3. The van der Waals surface area contributed by atoms with E-state index in [4.69, 9.17) is 4.74 Å². The molecule has 2 unspecified atom stereocenters. The number of amides is 1. The van der Waals surface area contributed by atoms with Gasteiger partial charge in [0.15, 0.2) is 6.61 Å². The molecule has 0 bridgehead atoms. The van der Waals surface area contributed by atoms with Crippen molar-refractivity contribution in [2.45, 2.75) is 49.1 Å². The summed E-state index contributed by atoms with van der Waals surface area (Å²) in [5.74, 6) is 0.182. The van der Waals surface area contributed by atoms with Crippen LogP contribution in [0.25, 0.3) is 0 Å². The van der Waals surface area contributed by atoms with Crippen molar-refractivity contribution in [3.63, 3.8) is 0 Å². The Morgan fingerprint density at radius 1 is 1.07 bits per heavy atom. The van der Waals surface area contributed by atoms with Crippen molar-refractivity contribution in [2.24, 2.45) is 0 Å². The molecule has 2 aromatic rings. The van der Waals surface area contributed by atoms with Crippen molar-refractivity contribution in [1.29, 1.82) is 0 Å². The summed E-state index contributed by atoms with van der Waals surface area (Å²) >= 11 is 1.67. The van der Waals surface area contributed by atoms with Crippen LogP contribution in [-0.2, 0) is 14.8 Å². The van der Waals surface area contributed by atoms with Crippen LogP contribution in [0.1, 0.15) is 38.8 Å². The smallest absolute Gasteiger partial charge is 0.258 e. The third kappa shape index (κ3) is 7.06. The standard InChI is InChI=1S/C21H28N2O4S2/c1-5-15(2)23-29(25,26)20-12-8-18(9-13-20)27-14-21(24)22-16(3)17-6-10-19(28-4)11-7-17/h6-13,15-16,23H,5,14H2,1-4H3,(H,22,24). The molecule has 1 amide bonds. The molecular formula is C21H28N2O4S2. The molecule has 6 nitrogen and oxygen atoms in total. The molecular weight excluding hydrogens is 408 g/mol. The minimum Gasteiger partial charge on any atom is -0.484 e. The van der Waals surface area contributed by atoms with E-state index in [1.54, 1.807) is 23.9 Å². The van der Waals surface area contributed by atoms with Gasteiger partial charge in [0.1, 0.15) is 5.75 Å². The van der Waals surface area contributed by atoms with Gasteiger partial charge in [0.2, 0.25) is 10.0 Å². The molecule has 0 heterocycles. The molecule has 2 aromatic carbocycles. The molecule has 2 N–H and O–H groups in total. The summed E-state index contributed by atoms with van der Waals surface area (Å²) in [4.78, 5) is 13.5. The maximum absolute atomic E-state index is 12.3. The first-order valence-electron chi connectivity index (χ1n) is 9.43. The predicted octanol–water partition coefficient (Wildman–Crippen LogP) is 3.74. The molecule has 0 saturated carbocycles. The topological polar surface area (TPSA) is 84.5 Å². The first kappa shape index (κ1) is 23.3. The third-order valence-corrected chi connectivity index (χ3v) is 6.81. The highest BCUT2D eigenvalue weighted by molar-refractivity contribution is 7.98. The minimum absolute atomic E-state index is 0.138. The summed E-state index contributed by atoms with van der Waals surface area (Å²) < 4.78 is 32.6. The summed E-state index contributed by atoms with van der Waals surface area (Å²) in [6.07, 6.45) is 2.72. The molecule has 2 atom stereocenters. The van der Waals surface area contributed by atoms with Crippen LogP contribution in [0, 0.1) is 0 Å². The molecule has 0 aromatic heterocycles. The molecule has 158 valence electrons. The van der Waals surface area contributed by atoms with Crippen molar-refractivity contribution in [3.8, 4) is 5.75 Å². The third-order valence-electron chi connectivity index (χ3n) is 4.47. The van der Waals surface area contributed by atoms with E-state index >= 15 is 0 Å². The zero-order chi connectivity index (χ0) is 21.4. The van der Waals surface area contributed by atoms with Gasteiger partial charge < -0.3 is 10.1 Å². The van der Waals surface area contributed by atoms with E-state index in [-0.39, 0.29) is 29.5 Å². The van der Waals surface area contributed by atoms with Gasteiger partial charge in [0.05, 0.1) is 10.9 Å². The molecule has 0 aliphatic carbocycles. The van der Waals surface area contributed by atoms with Crippen molar-refractivity contribution in [3.05, 3.63) is 54.1 Å². The number of carbonyl (C=O) groups is 1. The average molecular weight is 437 g/mol. The van der Waals surface area contributed by atoms with E-state index in [2.05, 4.69) is 10.0 Å². The highest BCUT2D eigenvalue weighted by Gasteiger charge is 2.16. The number of hydrogen-bond acceptors (Lipinski definition) is 5. The van der Waals surface area contributed by atoms with Crippen LogP contribution in [0.4, 0.5) is 0 Å². The van der Waals surface area contributed by atoms with Crippen LogP contribution >= 0.6 is 11.8 Å². The van der Waals surface area contributed by atoms with Crippen LogP contribution in [0.5, 0.6) is 5.75 Å². The van der Waals surface area contributed by atoms with Crippen LogP contribution in [0.15, 0.2) is 58.3 Å². The molecule has 0 spiro atoms. The quantitative estimate of drug-likeness (QED) is 0.554. The van der Waals surface area contributed by atoms with Gasteiger partial charge in [-0.3, -0.25) is 4.79 Å². The number of ether oxygens (including phenoxy) is 1. The Labute approximate surface area is 177 Å². The summed E-state index contributed by atoms with van der Waals surface area (Å²) in [6, 6.07) is 13.8. The number of hydrogen-bond donors (Lipinski definition) is 2. The fraction of sp³-hybridized carbons (Fsp3) is 0.381. The predicted molar refractivity (Wildman–Crippen MR) is 117 cm³/mol. The maximum Gasteiger partial charge on any atom is 0.258 e. The Kier molecular flexibility index (Phi) is 8.55. The number of carbonyl (C=O) groups excluding carboxylic acids is 1. The van der Waals surface area contributed by atoms with Gasteiger partial charge in [-0.05, 0) is 68.5 Å². The molecule has 0 radical (unpaired) electrons. The normalized spacial score (nSPS) is 13.5. The largest absolute Gasteiger partial charge is 0.484 e. The highest BCUT2D eigenvalue weighted by Crippen LogP contribution is 2.19. The molecule has 0 saturated heterocycles. The fourth-order valence-electron chi connectivity index (χ4n) is 2.54. The second kappa shape index (κ2) is 10.7. The van der Waals surface area contributed by atoms with E-state index in [9.17, 15) is 13.2 Å². The van der Waals surface area contributed by atoms with Crippen LogP contribution in [0.3, 0.4) is 0 Å². The SMILES string of the molecule is CCC(C)NS(=O)(=O)c1ccc(OCC(=O)NC(C)c2ccc(SC)cc2)cc1. The lowest BCUT2D eigenvalue weighted by atomic mass is 10.1. The van der Waals surface area contributed by atoms with Crippen LogP contribution < -0.4 is 14.8 Å². The number of thioether (sulfide) groups is 1. The molecule has 0 fully saturated rings. The van der Waals surface area contributed by atoms with Gasteiger partial charge in [0, 0.05) is 10.9 Å². The lowest BCUT2D eigenvalue weighted by Gasteiger charge is -2.15. The van der Waals surface area contributed by atoms with Gasteiger partial charge in [-0.1, -0.05) is 19.1 Å². The van der Waals surface area contributed by atoms with Crippen molar-refractivity contribution in [2.75, 3.05) is 12.9 Å². The Bertz CT molecular complexity index is 897. The Balaban J connectivity index is 1.88. The van der Waals surface area contributed by atoms with E-state index in [1.807, 2.05) is 51.3 Å². The van der Waals surface area contributed by atoms with Gasteiger partial charge in [-0.2, -0.15) is 0 Å². The lowest BCUT2D eigenvalue weighted by Crippen LogP contribution is -2.32. The second-order valence-corrected chi connectivity index (χ2v) is 9.35. The van der Waals surface area contributed by atoms with Gasteiger partial charge in [0.25, 0.3) is 5.91 Å². The average Bonchev–Trinajstić information content (AvgIpc) is 2.72. The molecule has 8 heteroatoms. The zero-order valence-electron chi connectivity index (χ0n) is 17.1. The number of sulfonamides is 1. The van der Waals surface area contributed by atoms with Crippen molar-refractivity contribution in [1.82, 2.24) is 10.0 Å². The van der Waals surface area contributed by atoms with Crippen molar-refractivity contribution < 1.29 is 17.9 Å². The van der Waals surface area contributed by atoms with Gasteiger partial charge in [-0.15, -0.1) is 11.8 Å². The minimum atomic E-state index is -3.56. The Morgan fingerprint density at radius 2 is 1.69 bits per heavy atom. The zero-order valence-corrected chi connectivity index (χ0v) is 18.8. The van der Waals surface area contributed by atoms with E-state index in [1.165, 1.54) is 17.0 Å². The highest BCUT2D eigenvalue weighted by atomic mass is 32.2. The van der Waals surface area contributed by atoms with E-state index in [0.717, 1.165) is 5.56 Å². The summed E-state index contributed by atoms with van der Waals surface area (Å²) in [5.41, 5.74) is 1.01. The van der Waals surface area contributed by atoms with Crippen molar-refractivity contribution >= 4 is 27.7 Å². The molecule has 29 heavy (non-hydrogen) atoms. The first-order valence-corrected chi connectivity index (χ1v) is 12.1. The van der Waals surface area contributed by atoms with Gasteiger partial charge in [-0.25, -0.2) is 13.1 Å².